The number of fused-ring (bicyclic) bond motifs is 5. The molecule has 5 nitrogen and oxygen atoms in total. The molecule has 0 aromatic heterocycles. The van der Waals surface area contributed by atoms with Gasteiger partial charge in [-0.3, -0.25) is 4.79 Å². The van der Waals surface area contributed by atoms with Gasteiger partial charge in [0.25, 0.3) is 0 Å². The van der Waals surface area contributed by atoms with E-state index in [9.17, 15) is 9.90 Å². The molecule has 5 heteroatoms. The summed E-state index contributed by atoms with van der Waals surface area (Å²) in [7, 11) is 3.74. The van der Waals surface area contributed by atoms with Crippen LogP contribution >= 0.6 is 0 Å². The van der Waals surface area contributed by atoms with Crippen molar-refractivity contribution in [1.82, 2.24) is 16.0 Å². The molecule has 3 aliphatic carbocycles. The number of phenols is 1. The number of hydrogen-bond donors (Lipinski definition) is 4. The summed E-state index contributed by atoms with van der Waals surface area (Å²) in [5.41, 5.74) is 4.00. The lowest BCUT2D eigenvalue weighted by molar-refractivity contribution is -0.126. The first-order valence-corrected chi connectivity index (χ1v) is 11.5. The van der Waals surface area contributed by atoms with Crippen molar-refractivity contribution in [2.24, 2.45) is 29.1 Å². The fraction of sp³-hybridized carbons (Fsp3) is 0.640. The first kappa shape index (κ1) is 21.1. The number of carbonyl (C=O) groups is 1. The Morgan fingerprint density at radius 2 is 2.10 bits per heavy atom. The summed E-state index contributed by atoms with van der Waals surface area (Å²) in [6.45, 7) is 5.28. The summed E-state index contributed by atoms with van der Waals surface area (Å²) >= 11 is 0. The van der Waals surface area contributed by atoms with Gasteiger partial charge >= 0.3 is 0 Å². The zero-order valence-electron chi connectivity index (χ0n) is 18.8. The molecule has 0 radical (unpaired) electrons. The molecule has 2 fully saturated rings. The molecule has 4 unspecified atom stereocenters. The predicted molar refractivity (Wildman–Crippen MR) is 120 cm³/mol. The molecule has 0 spiro atoms. The maximum atomic E-state index is 13.1. The van der Waals surface area contributed by atoms with Crippen molar-refractivity contribution in [2.45, 2.75) is 51.9 Å². The molecule has 6 atom stereocenters. The van der Waals surface area contributed by atoms with Crippen LogP contribution in [0.1, 0.15) is 56.6 Å². The van der Waals surface area contributed by atoms with Crippen LogP contribution in [0.5, 0.6) is 5.75 Å². The summed E-state index contributed by atoms with van der Waals surface area (Å²) in [6, 6.07) is 5.96. The molecule has 0 bridgehead atoms. The van der Waals surface area contributed by atoms with Crippen LogP contribution in [0.3, 0.4) is 0 Å². The molecule has 0 heterocycles. The molecular formula is C25H37N3O2. The van der Waals surface area contributed by atoms with Gasteiger partial charge in [0.05, 0.1) is 6.54 Å². The molecule has 4 rings (SSSR count). The minimum atomic E-state index is 0.0904. The number of likely N-dealkylation sites (N-methyl/N-ethyl adjacent to an activating group) is 1. The zero-order chi connectivity index (χ0) is 21.5. The molecule has 1 amide bonds. The maximum absolute atomic E-state index is 13.1. The normalized spacial score (nSPS) is 35.1. The van der Waals surface area contributed by atoms with Crippen LogP contribution in [0.2, 0.25) is 0 Å². The second-order valence-corrected chi connectivity index (χ2v) is 9.90. The van der Waals surface area contributed by atoms with E-state index in [4.69, 9.17) is 0 Å². The molecule has 1 aromatic carbocycles. The SMILES string of the molecule is CN/C=C(/CNC(=O)C1CC2C3CCc4cc(O)ccc4C3CC[C@]2(C)[C@H]1C)NC. The maximum Gasteiger partial charge on any atom is 0.223 e. The average molecular weight is 412 g/mol. The van der Waals surface area contributed by atoms with E-state index in [1.54, 1.807) is 0 Å². The van der Waals surface area contributed by atoms with E-state index in [1.807, 2.05) is 32.4 Å². The average Bonchev–Trinajstić information content (AvgIpc) is 3.01. The quantitative estimate of drug-likeness (QED) is 0.598. The van der Waals surface area contributed by atoms with Crippen LogP contribution in [0, 0.1) is 29.1 Å². The van der Waals surface area contributed by atoms with Gasteiger partial charge in [0.1, 0.15) is 5.75 Å². The number of rotatable bonds is 5. The monoisotopic (exact) mass is 411 g/mol. The predicted octanol–water partition coefficient (Wildman–Crippen LogP) is 3.51. The van der Waals surface area contributed by atoms with Crippen LogP contribution in [-0.4, -0.2) is 31.7 Å². The number of aryl methyl sites for hydroxylation is 1. The van der Waals surface area contributed by atoms with Gasteiger partial charge in [-0.2, -0.15) is 0 Å². The van der Waals surface area contributed by atoms with E-state index in [0.717, 1.165) is 18.5 Å². The lowest BCUT2D eigenvalue weighted by atomic mass is 9.54. The largest absolute Gasteiger partial charge is 0.508 e. The number of phenolic OH excluding ortho intramolecular Hbond substituents is 1. The lowest BCUT2D eigenvalue weighted by Crippen LogP contribution is -2.42. The van der Waals surface area contributed by atoms with Crippen molar-refractivity contribution in [1.29, 1.82) is 0 Å². The Kier molecular flexibility index (Phi) is 5.73. The molecule has 3 aliphatic rings. The lowest BCUT2D eigenvalue weighted by Gasteiger charge is -2.50. The molecule has 0 aliphatic heterocycles. The van der Waals surface area contributed by atoms with Gasteiger partial charge in [0.15, 0.2) is 0 Å². The first-order chi connectivity index (χ1) is 14.4. The summed E-state index contributed by atoms with van der Waals surface area (Å²) in [5, 5.41) is 19.2. The van der Waals surface area contributed by atoms with Gasteiger partial charge in [0.2, 0.25) is 5.91 Å². The van der Waals surface area contributed by atoms with Crippen LogP contribution in [0.4, 0.5) is 0 Å². The van der Waals surface area contributed by atoms with Gasteiger partial charge in [-0.25, -0.2) is 0 Å². The third-order valence-electron chi connectivity index (χ3n) is 8.73. The highest BCUT2D eigenvalue weighted by Gasteiger charge is 2.58. The Morgan fingerprint density at radius 3 is 2.83 bits per heavy atom. The zero-order valence-corrected chi connectivity index (χ0v) is 18.8. The summed E-state index contributed by atoms with van der Waals surface area (Å²) in [6.07, 6.45) is 7.50. The number of hydrogen-bond acceptors (Lipinski definition) is 4. The van der Waals surface area contributed by atoms with E-state index in [1.165, 1.54) is 30.4 Å². The van der Waals surface area contributed by atoms with Gasteiger partial charge in [0, 0.05) is 31.9 Å². The summed E-state index contributed by atoms with van der Waals surface area (Å²) in [4.78, 5) is 13.1. The number of nitrogens with one attached hydrogen (secondary N) is 3. The van der Waals surface area contributed by atoms with Crippen molar-refractivity contribution < 1.29 is 9.90 Å². The van der Waals surface area contributed by atoms with Crippen LogP contribution in [0.15, 0.2) is 30.1 Å². The second-order valence-electron chi connectivity index (χ2n) is 9.90. The molecule has 4 N–H and O–H groups in total. The highest BCUT2D eigenvalue weighted by atomic mass is 16.3. The molecule has 164 valence electrons. The topological polar surface area (TPSA) is 73.4 Å². The van der Waals surface area contributed by atoms with E-state index in [2.05, 4.69) is 35.9 Å². The third-order valence-corrected chi connectivity index (χ3v) is 8.73. The number of aromatic hydroxyl groups is 1. The molecule has 2 saturated carbocycles. The van der Waals surface area contributed by atoms with Crippen molar-refractivity contribution in [3.05, 3.63) is 41.2 Å². The molecule has 1 aromatic rings. The standard InChI is InChI=1S/C25H37N3O2/c1-15-22(24(30)28-14-17(27-4)13-26-3)12-23-21-7-5-16-11-18(29)6-8-19(16)20(21)9-10-25(15,23)2/h6,8,11,13,15,20-23,26-27,29H,5,7,9-10,12,14H2,1-4H3,(H,28,30)/b17-13-/t15-,20?,21?,22?,23?,25+/m0/s1. The van der Waals surface area contributed by atoms with Crippen molar-refractivity contribution in [3.63, 3.8) is 0 Å². The van der Waals surface area contributed by atoms with Gasteiger partial charge in [-0.1, -0.05) is 19.9 Å². The molecule has 30 heavy (non-hydrogen) atoms. The molecular weight excluding hydrogens is 374 g/mol. The Bertz CT molecular complexity index is 836. The highest BCUT2D eigenvalue weighted by Crippen LogP contribution is 2.64. The summed E-state index contributed by atoms with van der Waals surface area (Å²) < 4.78 is 0. The Morgan fingerprint density at radius 1 is 1.30 bits per heavy atom. The van der Waals surface area contributed by atoms with Gasteiger partial charge in [-0.05, 0) is 84.5 Å². The van der Waals surface area contributed by atoms with Crippen molar-refractivity contribution in [2.75, 3.05) is 20.6 Å². The number of carbonyl (C=O) groups excluding carboxylic acids is 1. The number of benzene rings is 1. The minimum Gasteiger partial charge on any atom is -0.508 e. The second kappa shape index (κ2) is 8.16. The van der Waals surface area contributed by atoms with E-state index in [-0.39, 0.29) is 17.2 Å². The third kappa shape index (κ3) is 3.46. The van der Waals surface area contributed by atoms with E-state index in [0.29, 0.717) is 36.0 Å². The number of amides is 1. The Hall–Kier alpha value is -2.17. The first-order valence-electron chi connectivity index (χ1n) is 11.5. The van der Waals surface area contributed by atoms with Gasteiger partial charge < -0.3 is 21.1 Å². The van der Waals surface area contributed by atoms with Gasteiger partial charge in [-0.15, -0.1) is 0 Å². The highest BCUT2D eigenvalue weighted by molar-refractivity contribution is 5.79. The van der Waals surface area contributed by atoms with E-state index < -0.39 is 0 Å². The Balaban J connectivity index is 1.51. The fourth-order valence-corrected chi connectivity index (χ4v) is 6.90. The van der Waals surface area contributed by atoms with E-state index >= 15 is 0 Å². The fourth-order valence-electron chi connectivity index (χ4n) is 6.90. The minimum absolute atomic E-state index is 0.0904. The van der Waals surface area contributed by atoms with Crippen LogP contribution < -0.4 is 16.0 Å². The van der Waals surface area contributed by atoms with Crippen LogP contribution in [0.25, 0.3) is 0 Å². The van der Waals surface area contributed by atoms with Crippen LogP contribution in [-0.2, 0) is 11.2 Å². The smallest absolute Gasteiger partial charge is 0.223 e. The Labute approximate surface area is 180 Å². The van der Waals surface area contributed by atoms with Crippen molar-refractivity contribution >= 4 is 5.91 Å². The molecule has 0 saturated heterocycles. The van der Waals surface area contributed by atoms with Crippen molar-refractivity contribution in [3.8, 4) is 5.75 Å². The summed E-state index contributed by atoms with van der Waals surface area (Å²) in [5.74, 6) is 2.90.